The summed E-state index contributed by atoms with van der Waals surface area (Å²) in [6.45, 7) is 7.10. The van der Waals surface area contributed by atoms with Crippen LogP contribution in [0.1, 0.15) is 19.4 Å². The third-order valence-corrected chi connectivity index (χ3v) is 2.90. The van der Waals surface area contributed by atoms with Gasteiger partial charge in [0.1, 0.15) is 5.15 Å². The van der Waals surface area contributed by atoms with Crippen LogP contribution in [-0.2, 0) is 11.3 Å². The van der Waals surface area contributed by atoms with Gasteiger partial charge >= 0.3 is 0 Å². The van der Waals surface area contributed by atoms with Gasteiger partial charge in [-0.2, -0.15) is 0 Å². The summed E-state index contributed by atoms with van der Waals surface area (Å²) < 4.78 is 5.70. The number of nitrogens with zero attached hydrogens (tertiary/aromatic N) is 2. The molecule has 1 fully saturated rings. The van der Waals surface area contributed by atoms with Crippen LogP contribution < -0.4 is 0 Å². The molecule has 0 N–H and O–H groups in total. The third-order valence-electron chi connectivity index (χ3n) is 2.69. The summed E-state index contributed by atoms with van der Waals surface area (Å²) in [5, 5.41) is 0.562. The molecule has 0 aliphatic carbocycles. The van der Waals surface area contributed by atoms with Crippen LogP contribution in [0.5, 0.6) is 0 Å². The average molecular weight is 241 g/mol. The summed E-state index contributed by atoms with van der Waals surface area (Å²) >= 11 is 5.87. The number of aromatic nitrogens is 1. The van der Waals surface area contributed by atoms with Crippen LogP contribution in [0, 0.1) is 0 Å². The molecule has 3 nitrogen and oxygen atoms in total. The quantitative estimate of drug-likeness (QED) is 0.742. The number of halogens is 1. The Kier molecular flexibility index (Phi) is 3.79. The molecule has 1 aromatic heterocycles. The molecule has 1 aliphatic heterocycles. The summed E-state index contributed by atoms with van der Waals surface area (Å²) in [5.41, 5.74) is 1.21. The standard InChI is InChI=1S/C12H17ClN2O/c1-9-6-15(7-10(2)16-9)8-11-3-4-14-12(13)5-11/h3-5,9-10H,6-8H2,1-2H3. The van der Waals surface area contributed by atoms with E-state index in [2.05, 4.69) is 23.7 Å². The minimum absolute atomic E-state index is 0.307. The van der Waals surface area contributed by atoms with E-state index in [9.17, 15) is 0 Å². The summed E-state index contributed by atoms with van der Waals surface area (Å²) in [6, 6.07) is 3.93. The second-order valence-corrected chi connectivity index (χ2v) is 4.83. The zero-order chi connectivity index (χ0) is 11.5. The van der Waals surface area contributed by atoms with Crippen molar-refractivity contribution in [3.8, 4) is 0 Å². The molecule has 2 heterocycles. The van der Waals surface area contributed by atoms with Gasteiger partial charge in [0, 0.05) is 25.8 Å². The van der Waals surface area contributed by atoms with E-state index < -0.39 is 0 Å². The van der Waals surface area contributed by atoms with Crippen LogP contribution in [0.4, 0.5) is 0 Å². The molecule has 0 saturated carbocycles. The van der Waals surface area contributed by atoms with Gasteiger partial charge in [-0.15, -0.1) is 0 Å². The van der Waals surface area contributed by atoms with Crippen LogP contribution in [0.25, 0.3) is 0 Å². The molecule has 16 heavy (non-hydrogen) atoms. The number of morpholine rings is 1. The number of hydrogen-bond donors (Lipinski definition) is 0. The zero-order valence-corrected chi connectivity index (χ0v) is 10.4. The van der Waals surface area contributed by atoms with Gasteiger partial charge in [-0.1, -0.05) is 11.6 Å². The van der Waals surface area contributed by atoms with E-state index in [1.54, 1.807) is 6.20 Å². The van der Waals surface area contributed by atoms with Gasteiger partial charge in [0.15, 0.2) is 0 Å². The highest BCUT2D eigenvalue weighted by Crippen LogP contribution is 2.15. The van der Waals surface area contributed by atoms with Crippen molar-refractivity contribution in [1.82, 2.24) is 9.88 Å². The fourth-order valence-electron chi connectivity index (χ4n) is 2.21. The van der Waals surface area contributed by atoms with Gasteiger partial charge in [0.2, 0.25) is 0 Å². The van der Waals surface area contributed by atoms with E-state index >= 15 is 0 Å². The first-order valence-corrected chi connectivity index (χ1v) is 5.99. The van der Waals surface area contributed by atoms with E-state index in [0.29, 0.717) is 17.4 Å². The Morgan fingerprint density at radius 3 is 2.75 bits per heavy atom. The van der Waals surface area contributed by atoms with Gasteiger partial charge in [-0.3, -0.25) is 4.90 Å². The van der Waals surface area contributed by atoms with Crippen LogP contribution in [-0.4, -0.2) is 35.2 Å². The van der Waals surface area contributed by atoms with Crippen LogP contribution in [0.2, 0.25) is 5.15 Å². The van der Waals surface area contributed by atoms with Crippen LogP contribution in [0.15, 0.2) is 18.3 Å². The zero-order valence-electron chi connectivity index (χ0n) is 9.69. The van der Waals surface area contributed by atoms with Crippen molar-refractivity contribution in [2.45, 2.75) is 32.6 Å². The Hall–Kier alpha value is -0.640. The average Bonchev–Trinajstić information content (AvgIpc) is 2.15. The predicted octanol–water partition coefficient (Wildman–Crippen LogP) is 2.34. The van der Waals surface area contributed by atoms with Crippen molar-refractivity contribution in [2.75, 3.05) is 13.1 Å². The number of pyridine rings is 1. The number of rotatable bonds is 2. The third kappa shape index (κ3) is 3.17. The first-order valence-electron chi connectivity index (χ1n) is 5.61. The summed E-state index contributed by atoms with van der Waals surface area (Å²) in [6.07, 6.45) is 2.37. The second kappa shape index (κ2) is 5.13. The summed E-state index contributed by atoms with van der Waals surface area (Å²) in [5.74, 6) is 0. The van der Waals surface area contributed by atoms with Gasteiger partial charge in [0.05, 0.1) is 12.2 Å². The molecule has 1 aliphatic rings. The molecule has 0 bridgehead atoms. The maximum atomic E-state index is 5.87. The van der Waals surface area contributed by atoms with E-state index in [-0.39, 0.29) is 0 Å². The van der Waals surface area contributed by atoms with E-state index in [0.717, 1.165) is 19.6 Å². The predicted molar refractivity (Wildman–Crippen MR) is 64.5 cm³/mol. The van der Waals surface area contributed by atoms with Crippen LogP contribution in [0.3, 0.4) is 0 Å². The molecule has 2 atom stereocenters. The maximum absolute atomic E-state index is 5.87. The molecule has 2 rings (SSSR count). The first kappa shape index (κ1) is 11.8. The lowest BCUT2D eigenvalue weighted by molar-refractivity contribution is -0.0704. The Morgan fingerprint density at radius 2 is 2.12 bits per heavy atom. The number of ether oxygens (including phenoxy) is 1. The summed E-state index contributed by atoms with van der Waals surface area (Å²) in [7, 11) is 0. The molecular formula is C12H17ClN2O. The monoisotopic (exact) mass is 240 g/mol. The molecule has 0 aromatic carbocycles. The molecule has 0 radical (unpaired) electrons. The van der Waals surface area contributed by atoms with E-state index in [1.807, 2.05) is 12.1 Å². The normalized spacial score (nSPS) is 26.9. The van der Waals surface area contributed by atoms with Gasteiger partial charge < -0.3 is 4.74 Å². The molecule has 4 heteroatoms. The van der Waals surface area contributed by atoms with Crippen molar-refractivity contribution < 1.29 is 4.74 Å². The maximum Gasteiger partial charge on any atom is 0.129 e. The second-order valence-electron chi connectivity index (χ2n) is 4.44. The fraction of sp³-hybridized carbons (Fsp3) is 0.583. The van der Waals surface area contributed by atoms with Crippen molar-refractivity contribution in [3.63, 3.8) is 0 Å². The SMILES string of the molecule is CC1CN(Cc2ccnc(Cl)c2)CC(C)O1. The van der Waals surface area contributed by atoms with Gasteiger partial charge in [0.25, 0.3) is 0 Å². The van der Waals surface area contributed by atoms with Crippen molar-refractivity contribution in [3.05, 3.63) is 29.0 Å². The van der Waals surface area contributed by atoms with Crippen molar-refractivity contribution in [1.29, 1.82) is 0 Å². The Balaban J connectivity index is 1.98. The molecule has 1 aromatic rings. The fourth-order valence-corrected chi connectivity index (χ4v) is 2.41. The lowest BCUT2D eigenvalue weighted by atomic mass is 10.2. The molecule has 0 amide bonds. The lowest BCUT2D eigenvalue weighted by Gasteiger charge is -2.35. The molecule has 1 saturated heterocycles. The van der Waals surface area contributed by atoms with Crippen molar-refractivity contribution in [2.24, 2.45) is 0 Å². The van der Waals surface area contributed by atoms with Crippen LogP contribution >= 0.6 is 11.6 Å². The van der Waals surface area contributed by atoms with E-state index in [1.165, 1.54) is 5.56 Å². The highest BCUT2D eigenvalue weighted by atomic mass is 35.5. The van der Waals surface area contributed by atoms with Crippen molar-refractivity contribution >= 4 is 11.6 Å². The molecular weight excluding hydrogens is 224 g/mol. The smallest absolute Gasteiger partial charge is 0.129 e. The Labute approximate surface area is 101 Å². The Bertz CT molecular complexity index is 349. The van der Waals surface area contributed by atoms with E-state index in [4.69, 9.17) is 16.3 Å². The largest absolute Gasteiger partial charge is 0.373 e. The highest BCUT2D eigenvalue weighted by molar-refractivity contribution is 6.29. The molecule has 2 unspecified atom stereocenters. The minimum Gasteiger partial charge on any atom is -0.373 e. The lowest BCUT2D eigenvalue weighted by Crippen LogP contribution is -2.44. The number of hydrogen-bond acceptors (Lipinski definition) is 3. The van der Waals surface area contributed by atoms with Gasteiger partial charge in [-0.25, -0.2) is 4.98 Å². The summed E-state index contributed by atoms with van der Waals surface area (Å²) in [4.78, 5) is 6.38. The topological polar surface area (TPSA) is 25.4 Å². The minimum atomic E-state index is 0.307. The Morgan fingerprint density at radius 1 is 1.44 bits per heavy atom. The van der Waals surface area contributed by atoms with Gasteiger partial charge in [-0.05, 0) is 31.5 Å². The first-order chi connectivity index (χ1) is 7.63. The molecule has 0 spiro atoms. The highest BCUT2D eigenvalue weighted by Gasteiger charge is 2.21. The molecule has 88 valence electrons.